The lowest BCUT2D eigenvalue weighted by molar-refractivity contribution is -0.131. The molecule has 0 spiro atoms. The average Bonchev–Trinajstić information content (AvgIpc) is 2.71. The number of amides is 1. The number of fused-ring (bicyclic) bond motifs is 1. The van der Waals surface area contributed by atoms with Crippen LogP contribution in [0.3, 0.4) is 0 Å². The van der Waals surface area contributed by atoms with Crippen molar-refractivity contribution < 1.29 is 9.53 Å². The molecule has 1 aliphatic heterocycles. The molecule has 0 aromatic heterocycles. The minimum Gasteiger partial charge on any atom is -0.384 e. The molecule has 92 valence electrons. The summed E-state index contributed by atoms with van der Waals surface area (Å²) in [5.41, 5.74) is 6.12. The molecule has 1 heterocycles. The first-order chi connectivity index (χ1) is 7.72. The summed E-state index contributed by atoms with van der Waals surface area (Å²) in [6.07, 6.45) is 4.10. The van der Waals surface area contributed by atoms with Gasteiger partial charge < -0.3 is 15.4 Å². The minimum absolute atomic E-state index is 0.225. The van der Waals surface area contributed by atoms with Crippen LogP contribution in [0.2, 0.25) is 0 Å². The highest BCUT2D eigenvalue weighted by atomic mass is 16.5. The predicted octanol–water partition coefficient (Wildman–Crippen LogP) is 0.609. The Bertz CT molecular complexity index is 257. The number of rotatable bonds is 3. The van der Waals surface area contributed by atoms with Crippen molar-refractivity contribution in [3.8, 4) is 0 Å². The number of methoxy groups -OCH3 is 1. The highest BCUT2D eigenvalue weighted by Crippen LogP contribution is 2.35. The maximum absolute atomic E-state index is 11.9. The van der Waals surface area contributed by atoms with E-state index >= 15 is 0 Å². The fraction of sp³-hybridized carbons (Fsp3) is 0.917. The van der Waals surface area contributed by atoms with Crippen molar-refractivity contribution in [1.29, 1.82) is 0 Å². The van der Waals surface area contributed by atoms with Gasteiger partial charge in [-0.05, 0) is 24.7 Å². The Kier molecular flexibility index (Phi) is 3.82. The topological polar surface area (TPSA) is 55.6 Å². The fourth-order valence-electron chi connectivity index (χ4n) is 3.07. The van der Waals surface area contributed by atoms with Crippen LogP contribution in [-0.2, 0) is 9.53 Å². The summed E-state index contributed by atoms with van der Waals surface area (Å²) >= 11 is 0. The normalized spacial score (nSPS) is 33.9. The largest absolute Gasteiger partial charge is 0.384 e. The molecule has 1 saturated carbocycles. The lowest BCUT2D eigenvalue weighted by Crippen LogP contribution is -2.38. The highest BCUT2D eigenvalue weighted by Gasteiger charge is 2.39. The Morgan fingerprint density at radius 2 is 2.25 bits per heavy atom. The zero-order chi connectivity index (χ0) is 11.5. The lowest BCUT2D eigenvalue weighted by atomic mass is 9.78. The summed E-state index contributed by atoms with van der Waals surface area (Å²) in [7, 11) is 1.63. The summed E-state index contributed by atoms with van der Waals surface area (Å²) in [5, 5.41) is 0. The van der Waals surface area contributed by atoms with Crippen LogP contribution >= 0.6 is 0 Å². The molecule has 3 atom stereocenters. The van der Waals surface area contributed by atoms with E-state index in [-0.39, 0.29) is 5.91 Å². The summed E-state index contributed by atoms with van der Waals surface area (Å²) in [6.45, 7) is 2.31. The third-order valence-corrected chi connectivity index (χ3v) is 4.03. The van der Waals surface area contributed by atoms with Crippen LogP contribution < -0.4 is 5.73 Å². The van der Waals surface area contributed by atoms with Gasteiger partial charge in [0.15, 0.2) is 0 Å². The Morgan fingerprint density at radius 3 is 2.94 bits per heavy atom. The van der Waals surface area contributed by atoms with Gasteiger partial charge in [-0.15, -0.1) is 0 Å². The number of carbonyl (C=O) groups excluding carboxylic acids is 1. The standard InChI is InChI=1S/C12H22N2O2/c1-16-6-5-12(15)14-7-9-3-2-4-11(13)10(9)8-14/h9-11H,2-8,13H2,1H3. The van der Waals surface area contributed by atoms with E-state index in [9.17, 15) is 4.79 Å². The molecule has 0 radical (unpaired) electrons. The molecule has 1 saturated heterocycles. The monoisotopic (exact) mass is 226 g/mol. The second-order valence-corrected chi connectivity index (χ2v) is 5.06. The van der Waals surface area contributed by atoms with E-state index in [1.165, 1.54) is 12.8 Å². The number of carbonyl (C=O) groups is 1. The molecular formula is C12H22N2O2. The Labute approximate surface area is 97.1 Å². The summed E-state index contributed by atoms with van der Waals surface area (Å²) in [6, 6.07) is 0.305. The van der Waals surface area contributed by atoms with Crippen molar-refractivity contribution in [3.63, 3.8) is 0 Å². The second kappa shape index (κ2) is 5.15. The Morgan fingerprint density at radius 1 is 1.44 bits per heavy atom. The zero-order valence-electron chi connectivity index (χ0n) is 10.0. The van der Waals surface area contributed by atoms with Gasteiger partial charge in [-0.25, -0.2) is 0 Å². The summed E-state index contributed by atoms with van der Waals surface area (Å²) < 4.78 is 4.94. The number of hydrogen-bond donors (Lipinski definition) is 1. The minimum atomic E-state index is 0.225. The van der Waals surface area contributed by atoms with Crippen LogP contribution in [0.4, 0.5) is 0 Å². The predicted molar refractivity (Wildman–Crippen MR) is 61.9 cm³/mol. The maximum Gasteiger partial charge on any atom is 0.224 e. The molecule has 16 heavy (non-hydrogen) atoms. The van der Waals surface area contributed by atoms with Gasteiger partial charge in [0.05, 0.1) is 13.0 Å². The fourth-order valence-corrected chi connectivity index (χ4v) is 3.07. The Balaban J connectivity index is 1.88. The van der Waals surface area contributed by atoms with Crippen LogP contribution in [0, 0.1) is 11.8 Å². The van der Waals surface area contributed by atoms with Crippen LogP contribution in [0.25, 0.3) is 0 Å². The van der Waals surface area contributed by atoms with Crippen molar-refractivity contribution >= 4 is 5.91 Å². The van der Waals surface area contributed by atoms with E-state index in [1.54, 1.807) is 7.11 Å². The third-order valence-electron chi connectivity index (χ3n) is 4.03. The molecule has 3 unspecified atom stereocenters. The molecular weight excluding hydrogens is 204 g/mol. The van der Waals surface area contributed by atoms with Crippen LogP contribution in [0.1, 0.15) is 25.7 Å². The van der Waals surface area contributed by atoms with E-state index in [0.717, 1.165) is 19.5 Å². The van der Waals surface area contributed by atoms with Crippen molar-refractivity contribution in [2.24, 2.45) is 17.6 Å². The quantitative estimate of drug-likeness (QED) is 0.767. The van der Waals surface area contributed by atoms with E-state index < -0.39 is 0 Å². The van der Waals surface area contributed by atoms with Gasteiger partial charge in [0.25, 0.3) is 0 Å². The molecule has 1 aliphatic carbocycles. The van der Waals surface area contributed by atoms with E-state index in [2.05, 4.69) is 0 Å². The van der Waals surface area contributed by atoms with Gasteiger partial charge in [0, 0.05) is 26.2 Å². The first-order valence-corrected chi connectivity index (χ1v) is 6.24. The van der Waals surface area contributed by atoms with E-state index in [4.69, 9.17) is 10.5 Å². The molecule has 0 bridgehead atoms. The van der Waals surface area contributed by atoms with Gasteiger partial charge >= 0.3 is 0 Å². The van der Waals surface area contributed by atoms with Gasteiger partial charge in [-0.3, -0.25) is 4.79 Å². The van der Waals surface area contributed by atoms with Crippen LogP contribution in [0.5, 0.6) is 0 Å². The first kappa shape index (κ1) is 11.9. The summed E-state index contributed by atoms with van der Waals surface area (Å²) in [5.74, 6) is 1.42. The van der Waals surface area contributed by atoms with Crippen molar-refractivity contribution in [2.75, 3.05) is 26.8 Å². The average molecular weight is 226 g/mol. The molecule has 2 rings (SSSR count). The van der Waals surface area contributed by atoms with E-state index in [1.807, 2.05) is 4.90 Å². The summed E-state index contributed by atoms with van der Waals surface area (Å²) in [4.78, 5) is 13.8. The lowest BCUT2D eigenvalue weighted by Gasteiger charge is -2.29. The molecule has 4 nitrogen and oxygen atoms in total. The number of ether oxygens (including phenoxy) is 1. The molecule has 2 fully saturated rings. The van der Waals surface area contributed by atoms with Gasteiger partial charge in [-0.2, -0.15) is 0 Å². The molecule has 0 aromatic carbocycles. The van der Waals surface area contributed by atoms with Crippen molar-refractivity contribution in [2.45, 2.75) is 31.7 Å². The number of nitrogens with zero attached hydrogens (tertiary/aromatic N) is 1. The van der Waals surface area contributed by atoms with Gasteiger partial charge in [-0.1, -0.05) is 6.42 Å². The number of hydrogen-bond acceptors (Lipinski definition) is 3. The Hall–Kier alpha value is -0.610. The third kappa shape index (κ3) is 2.38. The molecule has 4 heteroatoms. The highest BCUT2D eigenvalue weighted by molar-refractivity contribution is 5.76. The zero-order valence-corrected chi connectivity index (χ0v) is 10.0. The van der Waals surface area contributed by atoms with Crippen molar-refractivity contribution in [1.82, 2.24) is 4.90 Å². The van der Waals surface area contributed by atoms with Crippen LogP contribution in [0.15, 0.2) is 0 Å². The van der Waals surface area contributed by atoms with Gasteiger partial charge in [0.1, 0.15) is 0 Å². The van der Waals surface area contributed by atoms with Crippen molar-refractivity contribution in [3.05, 3.63) is 0 Å². The van der Waals surface area contributed by atoms with E-state index in [0.29, 0.717) is 30.9 Å². The second-order valence-electron chi connectivity index (χ2n) is 5.06. The van der Waals surface area contributed by atoms with Gasteiger partial charge in [0.2, 0.25) is 5.91 Å². The number of nitrogens with two attached hydrogens (primary N) is 1. The first-order valence-electron chi connectivity index (χ1n) is 6.24. The SMILES string of the molecule is COCCC(=O)N1CC2CCCC(N)C2C1. The molecule has 2 aliphatic rings. The molecule has 0 aromatic rings. The van der Waals surface area contributed by atoms with Crippen LogP contribution in [-0.4, -0.2) is 43.7 Å². The smallest absolute Gasteiger partial charge is 0.224 e. The maximum atomic E-state index is 11.9. The molecule has 2 N–H and O–H groups in total. The molecule has 1 amide bonds. The number of likely N-dealkylation sites (tertiary alicyclic amines) is 1.